The summed E-state index contributed by atoms with van der Waals surface area (Å²) in [6.07, 6.45) is -4.58. The fourth-order valence-electron chi connectivity index (χ4n) is 6.04. The van der Waals surface area contributed by atoms with Gasteiger partial charge < -0.3 is 15.2 Å². The van der Waals surface area contributed by atoms with Crippen LogP contribution in [0.1, 0.15) is 48.8 Å². The van der Waals surface area contributed by atoms with Crippen LogP contribution in [0, 0.1) is 11.7 Å². The molecule has 11 heteroatoms. The number of anilines is 1. The Morgan fingerprint density at radius 2 is 1.51 bits per heavy atom. The number of halogens is 4. The molecule has 1 heterocycles. The molecule has 45 heavy (non-hydrogen) atoms. The Balaban J connectivity index is 1.81. The third-order valence-corrected chi connectivity index (χ3v) is 7.96. The number of carbonyl (C=O) groups is 3. The van der Waals surface area contributed by atoms with Crippen molar-refractivity contribution in [3.05, 3.63) is 124 Å². The first kappa shape index (κ1) is 31.5. The van der Waals surface area contributed by atoms with Crippen molar-refractivity contribution in [3.63, 3.8) is 0 Å². The predicted molar refractivity (Wildman–Crippen MR) is 157 cm³/mol. The Kier molecular flexibility index (Phi) is 8.81. The van der Waals surface area contributed by atoms with E-state index in [1.807, 2.05) is 0 Å². The SMILES string of the molecule is CCOC(=O)C1=C(N)N(c2ccc(C(F)(F)F)cc2)C2=C(C(=O)[C@H](C(=O)OCC)[C@H](c3ccccc3)C2)[C@@H]1c1ccc(F)cc1. The fraction of sp³-hybridized carbons (Fsp3) is 0.265. The van der Waals surface area contributed by atoms with Crippen LogP contribution in [0.2, 0.25) is 0 Å². The zero-order chi connectivity index (χ0) is 32.5. The minimum atomic E-state index is -4.61. The summed E-state index contributed by atoms with van der Waals surface area (Å²) in [4.78, 5) is 43.1. The van der Waals surface area contributed by atoms with Crippen LogP contribution in [0.3, 0.4) is 0 Å². The monoisotopic (exact) mass is 622 g/mol. The van der Waals surface area contributed by atoms with Gasteiger partial charge in [-0.25, -0.2) is 9.18 Å². The number of ketones is 1. The number of carbonyl (C=O) groups excluding carboxylic acids is 3. The quantitative estimate of drug-likeness (QED) is 0.186. The smallest absolute Gasteiger partial charge is 0.416 e. The Hall–Kier alpha value is -4.93. The molecule has 1 aliphatic heterocycles. The number of allylic oxidation sites excluding steroid dienone is 2. The number of ether oxygens (including phenoxy) is 2. The van der Waals surface area contributed by atoms with Crippen LogP contribution in [0.4, 0.5) is 23.2 Å². The number of nitrogens with zero attached hydrogens (tertiary/aromatic N) is 1. The topological polar surface area (TPSA) is 98.9 Å². The third-order valence-electron chi connectivity index (χ3n) is 7.96. The summed E-state index contributed by atoms with van der Waals surface area (Å²) < 4.78 is 65.1. The van der Waals surface area contributed by atoms with Crippen LogP contribution < -0.4 is 10.6 Å². The molecule has 234 valence electrons. The molecule has 5 rings (SSSR count). The van der Waals surface area contributed by atoms with E-state index >= 15 is 0 Å². The molecule has 3 aromatic carbocycles. The average Bonchev–Trinajstić information content (AvgIpc) is 3.01. The van der Waals surface area contributed by atoms with Crippen molar-refractivity contribution < 1.29 is 41.4 Å². The van der Waals surface area contributed by atoms with Crippen LogP contribution in [0.25, 0.3) is 0 Å². The van der Waals surface area contributed by atoms with Crippen molar-refractivity contribution in [2.45, 2.75) is 38.3 Å². The van der Waals surface area contributed by atoms with Crippen molar-refractivity contribution in [3.8, 4) is 0 Å². The highest BCUT2D eigenvalue weighted by Crippen LogP contribution is 2.51. The molecule has 2 N–H and O–H groups in total. The molecule has 3 atom stereocenters. The number of hydrogen-bond donors (Lipinski definition) is 1. The summed E-state index contributed by atoms with van der Waals surface area (Å²) in [5, 5.41) is 0. The Morgan fingerprint density at radius 1 is 0.889 bits per heavy atom. The van der Waals surface area contributed by atoms with Crippen LogP contribution in [0.15, 0.2) is 102 Å². The maximum absolute atomic E-state index is 14.7. The molecule has 7 nitrogen and oxygen atoms in total. The average molecular weight is 623 g/mol. The van der Waals surface area contributed by atoms with E-state index < -0.39 is 53.0 Å². The number of rotatable bonds is 7. The van der Waals surface area contributed by atoms with Gasteiger partial charge in [0.15, 0.2) is 5.78 Å². The first-order valence-corrected chi connectivity index (χ1v) is 14.4. The molecule has 0 bridgehead atoms. The van der Waals surface area contributed by atoms with Crippen molar-refractivity contribution in [1.82, 2.24) is 0 Å². The molecule has 0 saturated heterocycles. The van der Waals surface area contributed by atoms with Gasteiger partial charge in [-0.1, -0.05) is 42.5 Å². The largest absolute Gasteiger partial charge is 0.465 e. The number of benzene rings is 3. The van der Waals surface area contributed by atoms with Crippen molar-refractivity contribution in [2.75, 3.05) is 18.1 Å². The molecule has 0 radical (unpaired) electrons. The summed E-state index contributed by atoms with van der Waals surface area (Å²) >= 11 is 0. The van der Waals surface area contributed by atoms with E-state index in [4.69, 9.17) is 15.2 Å². The van der Waals surface area contributed by atoms with Crippen molar-refractivity contribution in [2.24, 2.45) is 11.7 Å². The van der Waals surface area contributed by atoms with Crippen LogP contribution in [-0.4, -0.2) is 30.9 Å². The summed E-state index contributed by atoms with van der Waals surface area (Å²) in [6.45, 7) is 3.16. The first-order valence-electron chi connectivity index (χ1n) is 14.4. The standard InChI is InChI=1S/C34H30F4N2O5/c1-3-44-32(42)27-24(19-8-6-5-7-9-19)18-25-28(30(27)41)26(20-10-14-22(35)15-11-20)29(33(43)45-4-2)31(39)40(25)23-16-12-21(13-17-23)34(36,37)38/h5-17,24,26-27H,3-4,18,39H2,1-2H3/t24-,26-,27+/m0/s1. The number of nitrogens with two attached hydrogens (primary N) is 1. The maximum Gasteiger partial charge on any atom is 0.416 e. The van der Waals surface area contributed by atoms with Crippen LogP contribution in [-0.2, 0) is 30.0 Å². The molecular weight excluding hydrogens is 592 g/mol. The van der Waals surface area contributed by atoms with Crippen LogP contribution in [0.5, 0.6) is 0 Å². The lowest BCUT2D eigenvalue weighted by Crippen LogP contribution is -2.46. The van der Waals surface area contributed by atoms with Gasteiger partial charge in [0.05, 0.1) is 30.3 Å². The molecule has 0 saturated carbocycles. The molecule has 0 aromatic heterocycles. The Bertz CT molecular complexity index is 1670. The van der Waals surface area contributed by atoms with Gasteiger partial charge in [0.2, 0.25) is 0 Å². The van der Waals surface area contributed by atoms with E-state index in [0.717, 1.165) is 12.1 Å². The molecular formula is C34H30F4N2O5. The second kappa shape index (κ2) is 12.6. The van der Waals surface area contributed by atoms with E-state index in [1.54, 1.807) is 44.2 Å². The lowest BCUT2D eigenvalue weighted by Gasteiger charge is -2.44. The highest BCUT2D eigenvalue weighted by molar-refractivity contribution is 6.14. The third kappa shape index (κ3) is 5.94. The lowest BCUT2D eigenvalue weighted by atomic mass is 9.67. The highest BCUT2D eigenvalue weighted by Gasteiger charge is 2.51. The lowest BCUT2D eigenvalue weighted by molar-refractivity contribution is -0.152. The van der Waals surface area contributed by atoms with Gasteiger partial charge in [0, 0.05) is 22.9 Å². The van der Waals surface area contributed by atoms with E-state index in [1.165, 1.54) is 41.3 Å². The second-order valence-electron chi connectivity index (χ2n) is 10.6. The molecule has 0 unspecified atom stereocenters. The number of esters is 2. The van der Waals surface area contributed by atoms with Gasteiger partial charge in [-0.05, 0) is 67.8 Å². The van der Waals surface area contributed by atoms with Gasteiger partial charge in [0.25, 0.3) is 0 Å². The molecule has 1 aliphatic carbocycles. The normalized spacial score (nSPS) is 20.2. The maximum atomic E-state index is 14.7. The van der Waals surface area contributed by atoms with E-state index in [0.29, 0.717) is 11.1 Å². The number of hydrogen-bond acceptors (Lipinski definition) is 7. The van der Waals surface area contributed by atoms with E-state index in [2.05, 4.69) is 0 Å². The van der Waals surface area contributed by atoms with Gasteiger partial charge in [-0.15, -0.1) is 0 Å². The molecule has 3 aromatic rings. The Labute approximate surface area is 256 Å². The zero-order valence-corrected chi connectivity index (χ0v) is 24.4. The van der Waals surface area contributed by atoms with Gasteiger partial charge >= 0.3 is 18.1 Å². The number of alkyl halides is 3. The molecule has 0 amide bonds. The van der Waals surface area contributed by atoms with Crippen molar-refractivity contribution >= 4 is 23.4 Å². The van der Waals surface area contributed by atoms with Gasteiger partial charge in [-0.3, -0.25) is 14.5 Å². The summed E-state index contributed by atoms with van der Waals surface area (Å²) in [5.74, 6) is -6.25. The van der Waals surface area contributed by atoms with Gasteiger partial charge in [-0.2, -0.15) is 13.2 Å². The zero-order valence-electron chi connectivity index (χ0n) is 24.4. The Morgan fingerprint density at radius 3 is 2.09 bits per heavy atom. The fourth-order valence-corrected chi connectivity index (χ4v) is 6.04. The van der Waals surface area contributed by atoms with Crippen molar-refractivity contribution in [1.29, 1.82) is 0 Å². The minimum Gasteiger partial charge on any atom is -0.465 e. The van der Waals surface area contributed by atoms with E-state index in [-0.39, 0.29) is 48.0 Å². The molecule has 0 fully saturated rings. The predicted octanol–water partition coefficient (Wildman–Crippen LogP) is 6.37. The molecule has 2 aliphatic rings. The summed E-state index contributed by atoms with van der Waals surface area (Å²) in [6, 6.07) is 18.1. The first-order chi connectivity index (χ1) is 21.5. The number of Topliss-reactive ketones (excluding diaryl/α,β-unsaturated/α-hetero) is 1. The highest BCUT2D eigenvalue weighted by atomic mass is 19.4. The summed E-state index contributed by atoms with van der Waals surface area (Å²) in [7, 11) is 0. The van der Waals surface area contributed by atoms with Crippen LogP contribution >= 0.6 is 0 Å². The van der Waals surface area contributed by atoms with Gasteiger partial charge in [0.1, 0.15) is 17.6 Å². The summed E-state index contributed by atoms with van der Waals surface area (Å²) in [5.41, 5.74) is 7.08. The second-order valence-corrected chi connectivity index (χ2v) is 10.6. The minimum absolute atomic E-state index is 0.00994. The van der Waals surface area contributed by atoms with E-state index in [9.17, 15) is 31.9 Å². The molecule has 0 spiro atoms.